The number of allylic oxidation sites excluding steroid dienone is 1. The van der Waals surface area contributed by atoms with Crippen molar-refractivity contribution in [1.82, 2.24) is 10.2 Å². The number of nitrogens with one attached hydrogen (secondary N) is 1. The Kier molecular flexibility index (Phi) is 4.19. The van der Waals surface area contributed by atoms with Gasteiger partial charge >= 0.3 is 5.97 Å². The second-order valence-electron chi connectivity index (χ2n) is 6.05. The lowest BCUT2D eigenvalue weighted by Gasteiger charge is -2.24. The van der Waals surface area contributed by atoms with Gasteiger partial charge in [0.05, 0.1) is 24.2 Å². The van der Waals surface area contributed by atoms with Crippen LogP contribution in [0.15, 0.2) is 35.7 Å². The maximum Gasteiger partial charge on any atom is 0.337 e. The minimum absolute atomic E-state index is 0.0406. The maximum absolute atomic E-state index is 11.6. The zero-order valence-corrected chi connectivity index (χ0v) is 14.2. The number of hydrogen-bond donors (Lipinski definition) is 2. The molecule has 0 fully saturated rings. The molecule has 0 saturated heterocycles. The molecule has 0 saturated carbocycles. The third-order valence-electron chi connectivity index (χ3n) is 4.21. The van der Waals surface area contributed by atoms with Gasteiger partial charge in [0.15, 0.2) is 0 Å². The first kappa shape index (κ1) is 16.6. The van der Waals surface area contributed by atoms with E-state index in [2.05, 4.69) is 16.3 Å². The lowest BCUT2D eigenvalue weighted by atomic mass is 9.82. The van der Waals surface area contributed by atoms with Crippen molar-refractivity contribution in [1.29, 1.82) is 5.26 Å². The highest BCUT2D eigenvalue weighted by atomic mass is 16.5. The number of rotatable bonds is 3. The monoisotopic (exact) mass is 338 g/mol. The van der Waals surface area contributed by atoms with Crippen LogP contribution in [0.5, 0.6) is 5.88 Å². The van der Waals surface area contributed by atoms with Crippen LogP contribution >= 0.6 is 0 Å². The maximum atomic E-state index is 11.6. The number of fused-ring (bicyclic) bond motifs is 1. The third kappa shape index (κ3) is 2.72. The topological polar surface area (TPSA) is 114 Å². The molecular formula is C18H18N4O3. The standard InChI is InChI=1S/C18H18N4O3/c1-9(2)15-14-13(10-4-6-11(7-5-10)18(23)24-3)12(8-19)16(20)25-17(14)22-21-15/h4-7,9,13H,20H2,1-3H3,(H,21,22). The van der Waals surface area contributed by atoms with E-state index in [9.17, 15) is 10.1 Å². The summed E-state index contributed by atoms with van der Waals surface area (Å²) >= 11 is 0. The summed E-state index contributed by atoms with van der Waals surface area (Å²) in [7, 11) is 1.33. The Morgan fingerprint density at radius 1 is 1.40 bits per heavy atom. The number of aromatic amines is 1. The summed E-state index contributed by atoms with van der Waals surface area (Å²) in [5.74, 6) is -0.241. The molecule has 0 amide bonds. The van der Waals surface area contributed by atoms with E-state index >= 15 is 0 Å². The summed E-state index contributed by atoms with van der Waals surface area (Å²) in [5.41, 5.74) is 9.18. The van der Waals surface area contributed by atoms with Gasteiger partial charge < -0.3 is 15.2 Å². The Bertz CT molecular complexity index is 888. The number of aromatic nitrogens is 2. The van der Waals surface area contributed by atoms with Crippen LogP contribution in [0.3, 0.4) is 0 Å². The molecular weight excluding hydrogens is 320 g/mol. The highest BCUT2D eigenvalue weighted by Gasteiger charge is 2.35. The molecule has 25 heavy (non-hydrogen) atoms. The van der Waals surface area contributed by atoms with Crippen molar-refractivity contribution in [2.45, 2.75) is 25.7 Å². The molecule has 2 heterocycles. The van der Waals surface area contributed by atoms with E-state index in [1.165, 1.54) is 7.11 Å². The predicted molar refractivity (Wildman–Crippen MR) is 89.8 cm³/mol. The van der Waals surface area contributed by atoms with Crippen LogP contribution in [0.4, 0.5) is 0 Å². The predicted octanol–water partition coefficient (Wildman–Crippen LogP) is 2.54. The molecule has 1 aliphatic heterocycles. The lowest BCUT2D eigenvalue weighted by molar-refractivity contribution is 0.0600. The van der Waals surface area contributed by atoms with Gasteiger partial charge in [-0.3, -0.25) is 5.10 Å². The molecule has 128 valence electrons. The Morgan fingerprint density at radius 3 is 2.64 bits per heavy atom. The molecule has 0 spiro atoms. The van der Waals surface area contributed by atoms with Crippen LogP contribution in [-0.4, -0.2) is 23.3 Å². The van der Waals surface area contributed by atoms with Gasteiger partial charge in [-0.05, 0) is 23.6 Å². The molecule has 1 aromatic heterocycles. The van der Waals surface area contributed by atoms with Crippen molar-refractivity contribution in [3.63, 3.8) is 0 Å². The number of benzene rings is 1. The van der Waals surface area contributed by atoms with Gasteiger partial charge in [-0.1, -0.05) is 26.0 Å². The van der Waals surface area contributed by atoms with Crippen LogP contribution in [0.1, 0.15) is 52.9 Å². The third-order valence-corrected chi connectivity index (χ3v) is 4.21. The fraction of sp³-hybridized carbons (Fsp3) is 0.278. The summed E-state index contributed by atoms with van der Waals surface area (Å²) in [4.78, 5) is 11.6. The van der Waals surface area contributed by atoms with Crippen molar-refractivity contribution in [3.8, 4) is 11.9 Å². The van der Waals surface area contributed by atoms with Gasteiger partial charge in [-0.15, -0.1) is 5.10 Å². The first-order chi connectivity index (χ1) is 12.0. The minimum Gasteiger partial charge on any atom is -0.465 e. The smallest absolute Gasteiger partial charge is 0.337 e. The number of hydrogen-bond acceptors (Lipinski definition) is 6. The molecule has 3 N–H and O–H groups in total. The minimum atomic E-state index is -0.416. The van der Waals surface area contributed by atoms with Gasteiger partial charge in [0.2, 0.25) is 11.8 Å². The Balaban J connectivity index is 2.15. The lowest BCUT2D eigenvalue weighted by Crippen LogP contribution is -2.21. The average molecular weight is 338 g/mol. The molecule has 0 radical (unpaired) electrons. The van der Waals surface area contributed by atoms with Gasteiger partial charge in [0.1, 0.15) is 11.6 Å². The number of esters is 1. The molecule has 0 aliphatic carbocycles. The molecule has 0 bridgehead atoms. The van der Waals surface area contributed by atoms with Crippen LogP contribution < -0.4 is 10.5 Å². The number of carbonyl (C=O) groups excluding carboxylic acids is 1. The van der Waals surface area contributed by atoms with Crippen LogP contribution in [0, 0.1) is 11.3 Å². The van der Waals surface area contributed by atoms with E-state index in [-0.39, 0.29) is 11.8 Å². The van der Waals surface area contributed by atoms with E-state index in [1.807, 2.05) is 13.8 Å². The molecule has 2 aromatic rings. The fourth-order valence-electron chi connectivity index (χ4n) is 2.97. The zero-order valence-electron chi connectivity index (χ0n) is 14.2. The Morgan fingerprint density at radius 2 is 2.08 bits per heavy atom. The number of nitrogens with zero attached hydrogens (tertiary/aromatic N) is 2. The molecule has 7 nitrogen and oxygen atoms in total. The van der Waals surface area contributed by atoms with Crippen molar-refractivity contribution in [2.24, 2.45) is 5.73 Å². The van der Waals surface area contributed by atoms with Gasteiger partial charge in [-0.25, -0.2) is 4.79 Å². The number of nitriles is 1. The fourth-order valence-corrected chi connectivity index (χ4v) is 2.97. The zero-order chi connectivity index (χ0) is 18.1. The first-order valence-corrected chi connectivity index (χ1v) is 7.82. The van der Waals surface area contributed by atoms with Crippen LogP contribution in [0.2, 0.25) is 0 Å². The summed E-state index contributed by atoms with van der Waals surface area (Å²) in [6.45, 7) is 4.05. The van der Waals surface area contributed by atoms with E-state index < -0.39 is 11.9 Å². The number of carbonyl (C=O) groups is 1. The normalized spacial score (nSPS) is 16.2. The summed E-state index contributed by atoms with van der Waals surface area (Å²) < 4.78 is 10.2. The first-order valence-electron chi connectivity index (χ1n) is 7.82. The van der Waals surface area contributed by atoms with Crippen LogP contribution in [0.25, 0.3) is 0 Å². The second kappa shape index (κ2) is 6.32. The van der Waals surface area contributed by atoms with Crippen molar-refractivity contribution >= 4 is 5.97 Å². The molecule has 7 heteroatoms. The second-order valence-corrected chi connectivity index (χ2v) is 6.05. The molecule has 3 rings (SSSR count). The molecule has 1 aliphatic rings. The molecule has 1 aromatic carbocycles. The Labute approximate surface area is 145 Å². The van der Waals surface area contributed by atoms with E-state index in [0.29, 0.717) is 17.0 Å². The largest absolute Gasteiger partial charge is 0.465 e. The van der Waals surface area contributed by atoms with E-state index in [0.717, 1.165) is 16.8 Å². The molecule has 1 atom stereocenters. The quantitative estimate of drug-likeness (QED) is 0.831. The highest BCUT2D eigenvalue weighted by Crippen LogP contribution is 2.44. The van der Waals surface area contributed by atoms with E-state index in [4.69, 9.17) is 15.2 Å². The highest BCUT2D eigenvalue weighted by molar-refractivity contribution is 5.89. The average Bonchev–Trinajstić information content (AvgIpc) is 3.03. The SMILES string of the molecule is COC(=O)c1ccc(C2C(C#N)=C(N)Oc3n[nH]c(C(C)C)c32)cc1. The summed E-state index contributed by atoms with van der Waals surface area (Å²) in [5, 5.41) is 16.8. The van der Waals surface area contributed by atoms with Crippen molar-refractivity contribution in [2.75, 3.05) is 7.11 Å². The number of methoxy groups -OCH3 is 1. The van der Waals surface area contributed by atoms with Gasteiger partial charge in [0, 0.05) is 5.69 Å². The number of nitrogens with two attached hydrogens (primary N) is 1. The summed E-state index contributed by atoms with van der Waals surface area (Å²) in [6.07, 6.45) is 0. The van der Waals surface area contributed by atoms with Crippen molar-refractivity contribution < 1.29 is 14.3 Å². The number of ether oxygens (including phenoxy) is 2. The Hall–Kier alpha value is -3.27. The van der Waals surface area contributed by atoms with Crippen molar-refractivity contribution in [3.05, 3.63) is 58.1 Å². The summed E-state index contributed by atoms with van der Waals surface area (Å²) in [6, 6.07) is 9.04. The molecule has 1 unspecified atom stereocenters. The van der Waals surface area contributed by atoms with Gasteiger partial charge in [-0.2, -0.15) is 5.26 Å². The van der Waals surface area contributed by atoms with Crippen LogP contribution in [-0.2, 0) is 4.74 Å². The number of H-pyrrole nitrogens is 1. The van der Waals surface area contributed by atoms with E-state index in [1.54, 1.807) is 24.3 Å². The van der Waals surface area contributed by atoms with Gasteiger partial charge in [0.25, 0.3) is 0 Å².